The first-order valence-corrected chi connectivity index (χ1v) is 4.94. The van der Waals surface area contributed by atoms with E-state index >= 15 is 0 Å². The zero-order valence-electron chi connectivity index (χ0n) is 8.87. The number of hydrogen-bond donors (Lipinski definition) is 1. The molecular weight excluding hydrogens is 214 g/mol. The number of hydrogen-bond acceptors (Lipinski definition) is 5. The lowest BCUT2D eigenvalue weighted by atomic mass is 10.1. The van der Waals surface area contributed by atoms with Gasteiger partial charge in [0.1, 0.15) is 11.4 Å². The van der Waals surface area contributed by atoms with Gasteiger partial charge in [-0.25, -0.2) is 4.98 Å². The maximum atomic E-state index is 8.83. The SMILES string of the molecule is CCc1nc(Cl)nc(NC(C)(C)C#N)n1. The van der Waals surface area contributed by atoms with Gasteiger partial charge in [-0.05, 0) is 25.4 Å². The van der Waals surface area contributed by atoms with Crippen molar-refractivity contribution in [3.05, 3.63) is 11.1 Å². The summed E-state index contributed by atoms with van der Waals surface area (Å²) in [6.45, 7) is 5.39. The molecule has 0 aliphatic heterocycles. The van der Waals surface area contributed by atoms with Crippen LogP contribution in [0.1, 0.15) is 26.6 Å². The Morgan fingerprint density at radius 3 is 2.60 bits per heavy atom. The highest BCUT2D eigenvalue weighted by molar-refractivity contribution is 6.28. The number of nitrogens with zero attached hydrogens (tertiary/aromatic N) is 4. The molecule has 0 bridgehead atoms. The van der Waals surface area contributed by atoms with Crippen LogP contribution in [0.15, 0.2) is 0 Å². The molecule has 1 aromatic heterocycles. The van der Waals surface area contributed by atoms with Crippen molar-refractivity contribution in [3.8, 4) is 6.07 Å². The molecule has 0 spiro atoms. The molecule has 0 atom stereocenters. The molecule has 0 saturated heterocycles. The molecule has 1 rings (SSSR count). The Bertz CT molecular complexity index is 396. The highest BCUT2D eigenvalue weighted by atomic mass is 35.5. The van der Waals surface area contributed by atoms with Gasteiger partial charge < -0.3 is 5.32 Å². The molecule has 6 heteroatoms. The minimum atomic E-state index is -0.726. The Kier molecular flexibility index (Phi) is 3.43. The molecule has 0 saturated carbocycles. The van der Waals surface area contributed by atoms with Crippen LogP contribution < -0.4 is 5.32 Å². The highest BCUT2D eigenvalue weighted by Gasteiger charge is 2.18. The summed E-state index contributed by atoms with van der Waals surface area (Å²) in [4.78, 5) is 11.9. The molecule has 0 aliphatic rings. The fourth-order valence-electron chi connectivity index (χ4n) is 0.913. The van der Waals surface area contributed by atoms with E-state index in [4.69, 9.17) is 16.9 Å². The van der Waals surface area contributed by atoms with Crippen LogP contribution in [-0.4, -0.2) is 20.5 Å². The number of halogens is 1. The number of nitriles is 1. The Morgan fingerprint density at radius 1 is 1.40 bits per heavy atom. The fourth-order valence-corrected chi connectivity index (χ4v) is 1.09. The van der Waals surface area contributed by atoms with Gasteiger partial charge in [0.15, 0.2) is 0 Å². The smallest absolute Gasteiger partial charge is 0.228 e. The van der Waals surface area contributed by atoms with Crippen LogP contribution in [0.2, 0.25) is 5.28 Å². The van der Waals surface area contributed by atoms with Gasteiger partial charge in [-0.2, -0.15) is 15.2 Å². The van der Waals surface area contributed by atoms with E-state index < -0.39 is 5.54 Å². The second-order valence-corrected chi connectivity index (χ2v) is 3.90. The van der Waals surface area contributed by atoms with Gasteiger partial charge in [-0.1, -0.05) is 6.92 Å². The van der Waals surface area contributed by atoms with Gasteiger partial charge in [0.05, 0.1) is 6.07 Å². The van der Waals surface area contributed by atoms with E-state index in [9.17, 15) is 0 Å². The topological polar surface area (TPSA) is 74.5 Å². The molecule has 0 aliphatic carbocycles. The van der Waals surface area contributed by atoms with E-state index in [1.54, 1.807) is 13.8 Å². The number of rotatable bonds is 3. The minimum absolute atomic E-state index is 0.137. The molecule has 1 aromatic rings. The lowest BCUT2D eigenvalue weighted by Gasteiger charge is -2.17. The van der Waals surface area contributed by atoms with Crippen molar-refractivity contribution in [1.82, 2.24) is 15.0 Å². The average molecular weight is 226 g/mol. The first-order chi connectivity index (χ1) is 6.96. The van der Waals surface area contributed by atoms with Gasteiger partial charge in [-0.3, -0.25) is 0 Å². The van der Waals surface area contributed by atoms with Crippen molar-refractivity contribution < 1.29 is 0 Å². The normalized spacial score (nSPS) is 10.9. The summed E-state index contributed by atoms with van der Waals surface area (Å²) < 4.78 is 0. The van der Waals surface area contributed by atoms with Crippen molar-refractivity contribution in [3.63, 3.8) is 0 Å². The average Bonchev–Trinajstić information content (AvgIpc) is 2.16. The lowest BCUT2D eigenvalue weighted by molar-refractivity contribution is 0.711. The Morgan fingerprint density at radius 2 is 2.07 bits per heavy atom. The van der Waals surface area contributed by atoms with E-state index in [1.807, 2.05) is 6.92 Å². The largest absolute Gasteiger partial charge is 0.336 e. The summed E-state index contributed by atoms with van der Waals surface area (Å²) in [6, 6.07) is 2.09. The zero-order chi connectivity index (χ0) is 11.5. The van der Waals surface area contributed by atoms with Gasteiger partial charge in [-0.15, -0.1) is 0 Å². The minimum Gasteiger partial charge on any atom is -0.336 e. The van der Waals surface area contributed by atoms with Crippen LogP contribution in [0, 0.1) is 11.3 Å². The van der Waals surface area contributed by atoms with Crippen LogP contribution >= 0.6 is 11.6 Å². The third-order valence-corrected chi connectivity index (χ3v) is 1.84. The summed E-state index contributed by atoms with van der Waals surface area (Å²) in [7, 11) is 0. The van der Waals surface area contributed by atoms with Gasteiger partial charge in [0.2, 0.25) is 11.2 Å². The highest BCUT2D eigenvalue weighted by Crippen LogP contribution is 2.12. The predicted octanol–water partition coefficient (Wildman–Crippen LogP) is 1.80. The molecule has 0 aromatic carbocycles. The van der Waals surface area contributed by atoms with E-state index in [0.29, 0.717) is 18.2 Å². The number of nitrogens with one attached hydrogen (secondary N) is 1. The van der Waals surface area contributed by atoms with Crippen molar-refractivity contribution >= 4 is 17.5 Å². The maximum absolute atomic E-state index is 8.83. The molecule has 0 amide bonds. The summed E-state index contributed by atoms with van der Waals surface area (Å²) in [5, 5.41) is 11.8. The molecule has 15 heavy (non-hydrogen) atoms. The van der Waals surface area contributed by atoms with E-state index in [-0.39, 0.29) is 5.28 Å². The second kappa shape index (κ2) is 4.41. The summed E-state index contributed by atoms with van der Waals surface area (Å²) in [5.74, 6) is 0.935. The molecule has 0 fully saturated rings. The number of aromatic nitrogens is 3. The lowest BCUT2D eigenvalue weighted by Crippen LogP contribution is -2.29. The molecule has 0 unspecified atom stereocenters. The first-order valence-electron chi connectivity index (χ1n) is 4.56. The molecule has 0 radical (unpaired) electrons. The van der Waals surface area contributed by atoms with Crippen LogP contribution in [-0.2, 0) is 6.42 Å². The van der Waals surface area contributed by atoms with Crippen molar-refractivity contribution in [2.24, 2.45) is 0 Å². The molecule has 1 heterocycles. The second-order valence-electron chi connectivity index (χ2n) is 3.56. The van der Waals surface area contributed by atoms with Crippen molar-refractivity contribution in [1.29, 1.82) is 5.26 Å². The van der Waals surface area contributed by atoms with E-state index in [0.717, 1.165) is 0 Å². The molecule has 80 valence electrons. The quantitative estimate of drug-likeness (QED) is 0.849. The summed E-state index contributed by atoms with van der Waals surface area (Å²) >= 11 is 5.72. The number of anilines is 1. The van der Waals surface area contributed by atoms with Crippen molar-refractivity contribution in [2.45, 2.75) is 32.7 Å². The van der Waals surface area contributed by atoms with Crippen molar-refractivity contribution in [2.75, 3.05) is 5.32 Å². The predicted molar refractivity (Wildman–Crippen MR) is 57.5 cm³/mol. The maximum Gasteiger partial charge on any atom is 0.228 e. The van der Waals surface area contributed by atoms with Crippen LogP contribution in [0.4, 0.5) is 5.95 Å². The summed E-state index contributed by atoms with van der Waals surface area (Å²) in [5.41, 5.74) is -0.726. The fraction of sp³-hybridized carbons (Fsp3) is 0.556. The number of aryl methyl sites for hydroxylation is 1. The Balaban J connectivity index is 2.96. The Labute approximate surface area is 93.5 Å². The molecule has 1 N–H and O–H groups in total. The first kappa shape index (κ1) is 11.7. The van der Waals surface area contributed by atoms with E-state index in [2.05, 4.69) is 26.3 Å². The van der Waals surface area contributed by atoms with Gasteiger partial charge >= 0.3 is 0 Å². The molecule has 5 nitrogen and oxygen atoms in total. The third kappa shape index (κ3) is 3.33. The van der Waals surface area contributed by atoms with Crippen LogP contribution in [0.3, 0.4) is 0 Å². The Hall–Kier alpha value is -1.41. The van der Waals surface area contributed by atoms with Crippen LogP contribution in [0.25, 0.3) is 0 Å². The zero-order valence-corrected chi connectivity index (χ0v) is 9.63. The summed E-state index contributed by atoms with van der Waals surface area (Å²) in [6.07, 6.45) is 0.671. The third-order valence-electron chi connectivity index (χ3n) is 1.67. The molecular formula is C9H12ClN5. The monoisotopic (exact) mass is 225 g/mol. The van der Waals surface area contributed by atoms with Gasteiger partial charge in [0.25, 0.3) is 0 Å². The van der Waals surface area contributed by atoms with E-state index in [1.165, 1.54) is 0 Å². The standard InChI is InChI=1S/C9H12ClN5/c1-4-6-12-7(10)14-8(13-6)15-9(2,3)5-11/h4H2,1-3H3,(H,12,13,14,15). The van der Waals surface area contributed by atoms with Gasteiger partial charge in [0, 0.05) is 6.42 Å². The van der Waals surface area contributed by atoms with Crippen LogP contribution in [0.5, 0.6) is 0 Å².